The van der Waals surface area contributed by atoms with Crippen molar-refractivity contribution in [1.82, 2.24) is 5.43 Å². The van der Waals surface area contributed by atoms with Crippen LogP contribution in [-0.2, 0) is 0 Å². The highest BCUT2D eigenvalue weighted by Gasteiger charge is 2.18. The average molecular weight is 235 g/mol. The maximum atomic E-state index is 11.6. The van der Waals surface area contributed by atoms with E-state index in [-0.39, 0.29) is 17.2 Å². The molecule has 0 radical (unpaired) electrons. The molecule has 0 fully saturated rings. The van der Waals surface area contributed by atoms with E-state index in [0.29, 0.717) is 0 Å². The van der Waals surface area contributed by atoms with Gasteiger partial charge in [0, 0.05) is 12.3 Å². The standard InChI is InChI=1S/C11H13N3O3/c1-8(2)7-12-13-11(15)9-5-3-4-6-10(9)14(16)17/h3-8H,1-2H3,(H,13,15)/b12-7+. The Hall–Kier alpha value is -2.24. The summed E-state index contributed by atoms with van der Waals surface area (Å²) in [7, 11) is 0. The summed E-state index contributed by atoms with van der Waals surface area (Å²) in [5, 5.41) is 14.4. The predicted octanol–water partition coefficient (Wildman–Crippen LogP) is 1.97. The molecule has 0 unspecified atom stereocenters. The van der Waals surface area contributed by atoms with Crippen molar-refractivity contribution >= 4 is 17.8 Å². The highest BCUT2D eigenvalue weighted by Crippen LogP contribution is 2.17. The van der Waals surface area contributed by atoms with Crippen LogP contribution in [0, 0.1) is 16.0 Å². The quantitative estimate of drug-likeness (QED) is 0.491. The fourth-order valence-corrected chi connectivity index (χ4v) is 1.13. The van der Waals surface area contributed by atoms with Gasteiger partial charge in [-0.25, -0.2) is 5.43 Å². The van der Waals surface area contributed by atoms with Gasteiger partial charge in [-0.2, -0.15) is 5.10 Å². The molecule has 0 aliphatic heterocycles. The van der Waals surface area contributed by atoms with E-state index in [1.807, 2.05) is 13.8 Å². The van der Waals surface area contributed by atoms with E-state index in [0.717, 1.165) is 0 Å². The number of amides is 1. The Morgan fingerprint density at radius 1 is 1.47 bits per heavy atom. The molecule has 0 heterocycles. The molecule has 0 aromatic heterocycles. The van der Waals surface area contributed by atoms with Gasteiger partial charge >= 0.3 is 0 Å². The van der Waals surface area contributed by atoms with Crippen molar-refractivity contribution in [3.05, 3.63) is 39.9 Å². The first kappa shape index (κ1) is 12.8. The summed E-state index contributed by atoms with van der Waals surface area (Å²) < 4.78 is 0. The number of hydrogen-bond acceptors (Lipinski definition) is 4. The SMILES string of the molecule is CC(C)/C=N/NC(=O)c1ccccc1[N+](=O)[O-]. The number of nitrogens with zero attached hydrogens (tertiary/aromatic N) is 2. The van der Waals surface area contributed by atoms with Crippen molar-refractivity contribution in [2.45, 2.75) is 13.8 Å². The normalized spacial score (nSPS) is 10.8. The monoisotopic (exact) mass is 235 g/mol. The number of rotatable bonds is 4. The number of hydrogen-bond donors (Lipinski definition) is 1. The van der Waals surface area contributed by atoms with Gasteiger partial charge in [-0.3, -0.25) is 14.9 Å². The molecule has 6 nitrogen and oxygen atoms in total. The molecular formula is C11H13N3O3. The van der Waals surface area contributed by atoms with Crippen LogP contribution in [0.2, 0.25) is 0 Å². The van der Waals surface area contributed by atoms with E-state index >= 15 is 0 Å². The Labute approximate surface area is 98.5 Å². The lowest BCUT2D eigenvalue weighted by Gasteiger charge is -2.01. The topological polar surface area (TPSA) is 84.6 Å². The maximum absolute atomic E-state index is 11.6. The van der Waals surface area contributed by atoms with Crippen LogP contribution >= 0.6 is 0 Å². The van der Waals surface area contributed by atoms with Crippen molar-refractivity contribution in [2.24, 2.45) is 11.0 Å². The van der Waals surface area contributed by atoms with Gasteiger partial charge in [0.1, 0.15) is 5.56 Å². The summed E-state index contributed by atoms with van der Waals surface area (Å²) >= 11 is 0. The number of nitro groups is 1. The van der Waals surface area contributed by atoms with E-state index in [4.69, 9.17) is 0 Å². The number of para-hydroxylation sites is 1. The number of benzene rings is 1. The Morgan fingerprint density at radius 3 is 2.71 bits per heavy atom. The molecule has 0 saturated heterocycles. The molecule has 0 saturated carbocycles. The molecular weight excluding hydrogens is 222 g/mol. The van der Waals surface area contributed by atoms with E-state index in [9.17, 15) is 14.9 Å². The van der Waals surface area contributed by atoms with Gasteiger partial charge in [-0.05, 0) is 12.0 Å². The molecule has 90 valence electrons. The van der Waals surface area contributed by atoms with Crippen LogP contribution < -0.4 is 5.43 Å². The molecule has 0 aliphatic carbocycles. The third-order valence-electron chi connectivity index (χ3n) is 1.88. The lowest BCUT2D eigenvalue weighted by atomic mass is 10.2. The van der Waals surface area contributed by atoms with Gasteiger partial charge < -0.3 is 0 Å². The van der Waals surface area contributed by atoms with Crippen LogP contribution in [0.1, 0.15) is 24.2 Å². The predicted molar refractivity (Wildman–Crippen MR) is 63.9 cm³/mol. The highest BCUT2D eigenvalue weighted by molar-refractivity contribution is 5.98. The fraction of sp³-hybridized carbons (Fsp3) is 0.273. The molecule has 1 N–H and O–H groups in total. The van der Waals surface area contributed by atoms with E-state index < -0.39 is 10.8 Å². The second-order valence-electron chi connectivity index (χ2n) is 3.74. The van der Waals surface area contributed by atoms with Crippen LogP contribution in [0.25, 0.3) is 0 Å². The summed E-state index contributed by atoms with van der Waals surface area (Å²) in [6.07, 6.45) is 1.55. The zero-order chi connectivity index (χ0) is 12.8. The molecule has 1 amide bonds. The van der Waals surface area contributed by atoms with Crippen molar-refractivity contribution in [3.8, 4) is 0 Å². The number of carbonyl (C=O) groups excluding carboxylic acids is 1. The molecule has 6 heteroatoms. The first-order valence-electron chi connectivity index (χ1n) is 5.09. The summed E-state index contributed by atoms with van der Waals surface area (Å²) in [6.45, 7) is 3.81. The molecule has 0 bridgehead atoms. The maximum Gasteiger partial charge on any atom is 0.282 e. The van der Waals surface area contributed by atoms with Crippen LogP contribution in [-0.4, -0.2) is 17.0 Å². The van der Waals surface area contributed by atoms with Gasteiger partial charge in [0.25, 0.3) is 11.6 Å². The average Bonchev–Trinajstić information content (AvgIpc) is 2.28. The zero-order valence-corrected chi connectivity index (χ0v) is 9.58. The molecule has 17 heavy (non-hydrogen) atoms. The third kappa shape index (κ3) is 3.67. The number of nitrogens with one attached hydrogen (secondary N) is 1. The first-order valence-corrected chi connectivity index (χ1v) is 5.09. The second-order valence-corrected chi connectivity index (χ2v) is 3.74. The summed E-state index contributed by atoms with van der Waals surface area (Å²) in [4.78, 5) is 21.7. The van der Waals surface area contributed by atoms with Gasteiger partial charge in [-0.15, -0.1) is 0 Å². The second kappa shape index (κ2) is 5.74. The minimum atomic E-state index is -0.596. The number of nitro benzene ring substituents is 1. The van der Waals surface area contributed by atoms with Crippen LogP contribution in [0.5, 0.6) is 0 Å². The van der Waals surface area contributed by atoms with Gasteiger partial charge in [0.05, 0.1) is 4.92 Å². The first-order chi connectivity index (χ1) is 8.02. The van der Waals surface area contributed by atoms with E-state index in [1.54, 1.807) is 12.3 Å². The molecule has 0 spiro atoms. The molecule has 1 aromatic carbocycles. The van der Waals surface area contributed by atoms with Crippen molar-refractivity contribution in [2.75, 3.05) is 0 Å². The van der Waals surface area contributed by atoms with Crippen molar-refractivity contribution < 1.29 is 9.72 Å². The third-order valence-corrected chi connectivity index (χ3v) is 1.88. The van der Waals surface area contributed by atoms with E-state index in [2.05, 4.69) is 10.5 Å². The molecule has 1 aromatic rings. The Balaban J connectivity index is 2.86. The Kier molecular flexibility index (Phi) is 4.33. The lowest BCUT2D eigenvalue weighted by Crippen LogP contribution is -2.19. The van der Waals surface area contributed by atoms with Crippen molar-refractivity contribution in [1.29, 1.82) is 0 Å². The van der Waals surface area contributed by atoms with Crippen LogP contribution in [0.4, 0.5) is 5.69 Å². The number of carbonyl (C=O) groups is 1. The van der Waals surface area contributed by atoms with Gasteiger partial charge in [-0.1, -0.05) is 26.0 Å². The minimum Gasteiger partial charge on any atom is -0.267 e. The largest absolute Gasteiger partial charge is 0.282 e. The molecule has 0 atom stereocenters. The van der Waals surface area contributed by atoms with Crippen LogP contribution in [0.3, 0.4) is 0 Å². The van der Waals surface area contributed by atoms with Crippen molar-refractivity contribution in [3.63, 3.8) is 0 Å². The highest BCUT2D eigenvalue weighted by atomic mass is 16.6. The Bertz CT molecular complexity index is 455. The summed E-state index contributed by atoms with van der Waals surface area (Å²) in [5.74, 6) is -0.393. The zero-order valence-electron chi connectivity index (χ0n) is 9.58. The Morgan fingerprint density at radius 2 is 2.12 bits per heavy atom. The summed E-state index contributed by atoms with van der Waals surface area (Å²) in [5.41, 5.74) is 2.02. The smallest absolute Gasteiger partial charge is 0.267 e. The molecule has 1 rings (SSSR count). The van der Waals surface area contributed by atoms with Gasteiger partial charge in [0.2, 0.25) is 0 Å². The number of hydrazone groups is 1. The minimum absolute atomic E-state index is 0.00148. The fourth-order valence-electron chi connectivity index (χ4n) is 1.13. The van der Waals surface area contributed by atoms with Gasteiger partial charge in [0.15, 0.2) is 0 Å². The van der Waals surface area contributed by atoms with Crippen LogP contribution in [0.15, 0.2) is 29.4 Å². The van der Waals surface area contributed by atoms with E-state index in [1.165, 1.54) is 18.2 Å². The molecule has 0 aliphatic rings. The summed E-state index contributed by atoms with van der Waals surface area (Å²) in [6, 6.07) is 5.74. The lowest BCUT2D eigenvalue weighted by molar-refractivity contribution is -0.385.